The molecule has 188 valence electrons. The predicted octanol–water partition coefficient (Wildman–Crippen LogP) is 6.73. The topological polar surface area (TPSA) is 32.7 Å². The normalized spacial score (nSPS) is 16.4. The Morgan fingerprint density at radius 1 is 0.971 bits per heavy atom. The minimum atomic E-state index is -4.92. The van der Waals surface area contributed by atoms with Crippen LogP contribution in [-0.4, -0.2) is 30.5 Å². The van der Waals surface area contributed by atoms with Crippen molar-refractivity contribution in [1.29, 1.82) is 0 Å². The minimum absolute atomic E-state index is 0.212. The van der Waals surface area contributed by atoms with Crippen molar-refractivity contribution in [2.75, 3.05) is 18.1 Å². The first-order chi connectivity index (χ1) is 15.9. The first kappa shape index (κ1) is 26.1. The third kappa shape index (κ3) is 7.25. The van der Waals surface area contributed by atoms with Gasteiger partial charge in [-0.05, 0) is 43.0 Å². The molecule has 0 aliphatic heterocycles. The zero-order valence-corrected chi connectivity index (χ0v) is 18.3. The van der Waals surface area contributed by atoms with E-state index < -0.39 is 42.9 Å². The van der Waals surface area contributed by atoms with Crippen LogP contribution >= 0.6 is 0 Å². The lowest BCUT2D eigenvalue weighted by Crippen LogP contribution is -2.41. The zero-order chi connectivity index (χ0) is 24.9. The molecular weight excluding hydrogens is 467 g/mol. The van der Waals surface area contributed by atoms with Gasteiger partial charge in [-0.2, -0.15) is 26.3 Å². The summed E-state index contributed by atoms with van der Waals surface area (Å²) in [6.45, 7) is -0.957. The number of ether oxygens (including phenoxy) is 1. The van der Waals surface area contributed by atoms with Crippen molar-refractivity contribution in [3.8, 4) is 5.75 Å². The molecule has 3 rings (SSSR count). The monoisotopic (exact) mass is 493 g/mol. The van der Waals surface area contributed by atoms with Gasteiger partial charge in [0, 0.05) is 23.9 Å². The first-order valence-corrected chi connectivity index (χ1v) is 11.0. The van der Waals surface area contributed by atoms with Gasteiger partial charge < -0.3 is 14.7 Å². The second-order valence-electron chi connectivity index (χ2n) is 8.55. The SMILES string of the molecule is OC(CN(Cc1ccc(C(F)(F)F)cc1F)c1cccc(OCC2CCCCC2)c1)C(F)(F)F. The Morgan fingerprint density at radius 2 is 1.68 bits per heavy atom. The average molecular weight is 493 g/mol. The molecule has 1 N–H and O–H groups in total. The molecule has 0 bridgehead atoms. The number of alkyl halides is 6. The van der Waals surface area contributed by atoms with Gasteiger partial charge in [0.15, 0.2) is 6.10 Å². The minimum Gasteiger partial charge on any atom is -0.493 e. The molecule has 2 aromatic carbocycles. The fraction of sp³-hybridized carbons (Fsp3) is 0.500. The van der Waals surface area contributed by atoms with Crippen LogP contribution in [-0.2, 0) is 12.7 Å². The van der Waals surface area contributed by atoms with E-state index in [2.05, 4.69) is 0 Å². The molecule has 2 aromatic rings. The molecule has 0 saturated heterocycles. The summed E-state index contributed by atoms with van der Waals surface area (Å²) in [5.41, 5.74) is -1.23. The van der Waals surface area contributed by atoms with Crippen molar-refractivity contribution in [2.45, 2.75) is 57.1 Å². The Bertz CT molecular complexity index is 940. The molecule has 34 heavy (non-hydrogen) atoms. The number of halogens is 7. The van der Waals surface area contributed by atoms with Crippen LogP contribution in [0, 0.1) is 11.7 Å². The summed E-state index contributed by atoms with van der Waals surface area (Å²) in [6, 6.07) is 8.00. The standard InChI is InChI=1S/C24H26F7NO2/c25-21-11-18(23(26,27)28)10-9-17(21)13-32(14-22(33)24(29,30)31)19-7-4-8-20(12-19)34-15-16-5-2-1-3-6-16/h4,7-12,16,22,33H,1-3,5-6,13-15H2. The van der Waals surface area contributed by atoms with Crippen molar-refractivity contribution in [3.05, 3.63) is 59.4 Å². The molecule has 10 heteroatoms. The summed E-state index contributed by atoms with van der Waals surface area (Å²) in [5, 5.41) is 9.62. The van der Waals surface area contributed by atoms with Crippen molar-refractivity contribution in [1.82, 2.24) is 0 Å². The second kappa shape index (κ2) is 10.8. The number of aliphatic hydroxyl groups is 1. The highest BCUT2D eigenvalue weighted by atomic mass is 19.4. The van der Waals surface area contributed by atoms with Crippen LogP contribution in [0.3, 0.4) is 0 Å². The maximum absolute atomic E-state index is 14.4. The van der Waals surface area contributed by atoms with Gasteiger partial charge in [-0.25, -0.2) is 4.39 Å². The van der Waals surface area contributed by atoms with Crippen LogP contribution in [0.2, 0.25) is 0 Å². The smallest absolute Gasteiger partial charge is 0.416 e. The molecule has 3 nitrogen and oxygen atoms in total. The number of hydrogen-bond acceptors (Lipinski definition) is 3. The summed E-state index contributed by atoms with van der Waals surface area (Å²) in [6.07, 6.45) is -6.92. The third-order valence-corrected chi connectivity index (χ3v) is 5.91. The van der Waals surface area contributed by atoms with Gasteiger partial charge in [0.2, 0.25) is 0 Å². The molecule has 1 aliphatic carbocycles. The molecule has 1 saturated carbocycles. The summed E-state index contributed by atoms with van der Waals surface area (Å²) >= 11 is 0. The largest absolute Gasteiger partial charge is 0.493 e. The first-order valence-electron chi connectivity index (χ1n) is 11.0. The number of aliphatic hydroxyl groups excluding tert-OH is 1. The van der Waals surface area contributed by atoms with Gasteiger partial charge in [0.05, 0.1) is 18.7 Å². The molecule has 1 fully saturated rings. The number of rotatable bonds is 8. The van der Waals surface area contributed by atoms with Crippen molar-refractivity contribution < 1.29 is 40.6 Å². The third-order valence-electron chi connectivity index (χ3n) is 5.91. The molecule has 1 atom stereocenters. The predicted molar refractivity (Wildman–Crippen MR) is 113 cm³/mol. The van der Waals surface area contributed by atoms with E-state index in [1.54, 1.807) is 12.1 Å². The molecule has 1 unspecified atom stereocenters. The van der Waals surface area contributed by atoms with E-state index in [1.807, 2.05) is 0 Å². The highest BCUT2D eigenvalue weighted by Gasteiger charge is 2.39. The fourth-order valence-corrected chi connectivity index (χ4v) is 3.97. The Morgan fingerprint density at radius 3 is 2.29 bits per heavy atom. The van der Waals surface area contributed by atoms with Crippen LogP contribution in [0.25, 0.3) is 0 Å². The Labute approximate surface area is 193 Å². The molecule has 1 aliphatic rings. The van der Waals surface area contributed by atoms with E-state index >= 15 is 0 Å². The maximum atomic E-state index is 14.4. The summed E-state index contributed by atoms with van der Waals surface area (Å²) < 4.78 is 97.8. The summed E-state index contributed by atoms with van der Waals surface area (Å²) in [7, 11) is 0. The van der Waals surface area contributed by atoms with Crippen molar-refractivity contribution in [2.24, 2.45) is 5.92 Å². The van der Waals surface area contributed by atoms with Gasteiger partial charge in [-0.15, -0.1) is 0 Å². The number of benzene rings is 2. The lowest BCUT2D eigenvalue weighted by molar-refractivity contribution is -0.200. The Hall–Kier alpha value is -2.49. The van der Waals surface area contributed by atoms with Crippen molar-refractivity contribution in [3.63, 3.8) is 0 Å². The van der Waals surface area contributed by atoms with Crippen LogP contribution in [0.5, 0.6) is 5.75 Å². The van der Waals surface area contributed by atoms with Crippen LogP contribution in [0.1, 0.15) is 43.2 Å². The Balaban J connectivity index is 1.81. The maximum Gasteiger partial charge on any atom is 0.416 e. The van der Waals surface area contributed by atoms with Crippen LogP contribution < -0.4 is 9.64 Å². The molecule has 0 radical (unpaired) electrons. The fourth-order valence-electron chi connectivity index (χ4n) is 3.97. The van der Waals surface area contributed by atoms with Gasteiger partial charge in [0.25, 0.3) is 0 Å². The van der Waals surface area contributed by atoms with Gasteiger partial charge in [0.1, 0.15) is 11.6 Å². The molecule has 0 heterocycles. The Kier molecular flexibility index (Phi) is 8.33. The lowest BCUT2D eigenvalue weighted by atomic mass is 9.90. The molecular formula is C24H26F7NO2. The average Bonchev–Trinajstić information content (AvgIpc) is 2.78. The summed E-state index contributed by atoms with van der Waals surface area (Å²) in [4.78, 5) is 1.07. The quantitative estimate of drug-likeness (QED) is 0.414. The van der Waals surface area contributed by atoms with Crippen LogP contribution in [0.4, 0.5) is 36.4 Å². The second-order valence-corrected chi connectivity index (χ2v) is 8.55. The molecule has 0 spiro atoms. The van der Waals surface area contributed by atoms with E-state index in [4.69, 9.17) is 4.74 Å². The van der Waals surface area contributed by atoms with Crippen LogP contribution in [0.15, 0.2) is 42.5 Å². The highest BCUT2D eigenvalue weighted by Crippen LogP contribution is 2.32. The van der Waals surface area contributed by atoms with E-state index in [-0.39, 0.29) is 11.3 Å². The van der Waals surface area contributed by atoms with Gasteiger partial charge >= 0.3 is 12.4 Å². The van der Waals surface area contributed by atoms with E-state index in [1.165, 1.54) is 18.6 Å². The number of hydrogen-bond donors (Lipinski definition) is 1. The van der Waals surface area contributed by atoms with E-state index in [0.717, 1.165) is 36.6 Å². The zero-order valence-electron chi connectivity index (χ0n) is 18.3. The van der Waals surface area contributed by atoms with E-state index in [9.17, 15) is 35.8 Å². The molecule has 0 amide bonds. The van der Waals surface area contributed by atoms with Gasteiger partial charge in [-0.3, -0.25) is 0 Å². The highest BCUT2D eigenvalue weighted by molar-refractivity contribution is 5.51. The molecule has 0 aromatic heterocycles. The van der Waals surface area contributed by atoms with Gasteiger partial charge in [-0.1, -0.05) is 31.4 Å². The number of anilines is 1. The van der Waals surface area contributed by atoms with E-state index in [0.29, 0.717) is 30.4 Å². The summed E-state index contributed by atoms with van der Waals surface area (Å²) in [5.74, 6) is -0.407. The lowest BCUT2D eigenvalue weighted by Gasteiger charge is -2.29. The van der Waals surface area contributed by atoms with Crippen molar-refractivity contribution >= 4 is 5.69 Å². The number of nitrogens with zero attached hydrogens (tertiary/aromatic N) is 1.